The molecule has 1 heterocycles. The molecule has 1 amide bonds. The normalized spacial score (nSPS) is 12.4. The van der Waals surface area contributed by atoms with Crippen molar-refractivity contribution in [2.75, 3.05) is 25.6 Å². The third-order valence-electron chi connectivity index (χ3n) is 6.07. The zero-order chi connectivity index (χ0) is 29.2. The third-order valence-corrected chi connectivity index (χ3v) is 7.45. The van der Waals surface area contributed by atoms with Gasteiger partial charge in [0.15, 0.2) is 5.13 Å². The number of carboxylic acids is 1. The van der Waals surface area contributed by atoms with E-state index in [0.717, 1.165) is 30.6 Å². The number of anilines is 1. The van der Waals surface area contributed by atoms with Gasteiger partial charge in [-0.15, -0.1) is 11.3 Å². The molecular formula is C29H31Cl2FN2O5S. The van der Waals surface area contributed by atoms with Crippen LogP contribution in [0, 0.1) is 5.82 Å². The second-order valence-corrected chi connectivity index (χ2v) is 10.7. The number of nitrogens with one attached hydrogen (secondary N) is 1. The largest absolute Gasteiger partial charge is 0.478 e. The highest BCUT2D eigenvalue weighted by Crippen LogP contribution is 2.34. The Morgan fingerprint density at radius 1 is 1.20 bits per heavy atom. The van der Waals surface area contributed by atoms with E-state index in [1.54, 1.807) is 30.7 Å². The van der Waals surface area contributed by atoms with Crippen molar-refractivity contribution in [3.05, 3.63) is 73.8 Å². The molecule has 0 spiro atoms. The first kappa shape index (κ1) is 31.7. The van der Waals surface area contributed by atoms with Gasteiger partial charge >= 0.3 is 5.97 Å². The molecule has 0 fully saturated rings. The molecule has 11 heteroatoms. The maximum absolute atomic E-state index is 15.7. The topological polar surface area (TPSA) is 97.8 Å². The Morgan fingerprint density at radius 2 is 1.93 bits per heavy atom. The lowest BCUT2D eigenvalue weighted by molar-refractivity contribution is -0.132. The Labute approximate surface area is 246 Å². The number of carbonyl (C=O) groups is 2. The van der Waals surface area contributed by atoms with E-state index in [1.165, 1.54) is 25.1 Å². The van der Waals surface area contributed by atoms with E-state index in [9.17, 15) is 9.59 Å². The van der Waals surface area contributed by atoms with Crippen LogP contribution >= 0.6 is 34.5 Å². The number of aliphatic carboxylic acids is 1. The average molecular weight is 610 g/mol. The van der Waals surface area contributed by atoms with E-state index in [4.69, 9.17) is 37.8 Å². The molecule has 7 nitrogen and oxygen atoms in total. The molecule has 3 aromatic rings. The highest BCUT2D eigenvalue weighted by Gasteiger charge is 2.21. The van der Waals surface area contributed by atoms with Crippen LogP contribution in [0.25, 0.3) is 17.3 Å². The van der Waals surface area contributed by atoms with Crippen LogP contribution in [0.2, 0.25) is 10.0 Å². The molecular weight excluding hydrogens is 578 g/mol. The van der Waals surface area contributed by atoms with Crippen molar-refractivity contribution in [2.24, 2.45) is 0 Å². The average Bonchev–Trinajstić information content (AvgIpc) is 3.38. The maximum Gasteiger partial charge on any atom is 0.331 e. The predicted octanol–water partition coefficient (Wildman–Crippen LogP) is 8.28. The lowest BCUT2D eigenvalue weighted by Crippen LogP contribution is -2.12. The summed E-state index contributed by atoms with van der Waals surface area (Å²) in [6.45, 7) is 4.48. The molecule has 0 aliphatic carbocycles. The van der Waals surface area contributed by atoms with E-state index in [-0.39, 0.29) is 26.3 Å². The molecule has 40 heavy (non-hydrogen) atoms. The maximum atomic E-state index is 15.7. The molecule has 0 bridgehead atoms. The van der Waals surface area contributed by atoms with Gasteiger partial charge in [-0.05, 0) is 37.6 Å². The second kappa shape index (κ2) is 15.3. The minimum atomic E-state index is -1.11. The van der Waals surface area contributed by atoms with Crippen LogP contribution in [0.4, 0.5) is 9.52 Å². The number of hydrogen-bond acceptors (Lipinski definition) is 6. The quantitative estimate of drug-likeness (QED) is 0.141. The van der Waals surface area contributed by atoms with E-state index in [0.29, 0.717) is 42.0 Å². The molecule has 1 aromatic heterocycles. The highest BCUT2D eigenvalue weighted by atomic mass is 35.5. The smallest absolute Gasteiger partial charge is 0.331 e. The van der Waals surface area contributed by atoms with Crippen molar-refractivity contribution in [1.82, 2.24) is 4.98 Å². The number of thiazole rings is 1. The zero-order valence-corrected chi connectivity index (χ0v) is 24.8. The molecule has 0 saturated carbocycles. The Morgan fingerprint density at radius 3 is 2.58 bits per heavy atom. The van der Waals surface area contributed by atoms with Gasteiger partial charge in [0.1, 0.15) is 5.82 Å². The van der Waals surface area contributed by atoms with E-state index in [1.807, 2.05) is 0 Å². The Hall–Kier alpha value is -2.82. The van der Waals surface area contributed by atoms with Crippen LogP contribution in [0.5, 0.6) is 0 Å². The standard InChI is InChI=1S/C29H31Cl2FN2O5S/c1-4-5-6-11-39-25(10-12-38-3)20-9-7-8-19(26(20)32)24-16-40-29(33-24)34-27(35)18-14-22(30)21(23(31)15-18)13-17(2)28(36)37/h7-9,13-16,25H,4-6,10-12H2,1-3H3,(H,36,37)(H,33,34,35). The summed E-state index contributed by atoms with van der Waals surface area (Å²) in [7, 11) is 1.60. The second-order valence-electron chi connectivity index (χ2n) is 9.03. The third kappa shape index (κ3) is 8.34. The summed E-state index contributed by atoms with van der Waals surface area (Å²) < 4.78 is 26.9. The number of carboxylic acid groups (broad SMARTS) is 1. The first-order valence-corrected chi connectivity index (χ1v) is 14.4. The van der Waals surface area contributed by atoms with Gasteiger partial charge in [0.05, 0.1) is 21.8 Å². The van der Waals surface area contributed by atoms with Crippen LogP contribution in [-0.4, -0.2) is 42.3 Å². The van der Waals surface area contributed by atoms with Gasteiger partial charge in [0, 0.05) is 60.0 Å². The molecule has 0 saturated heterocycles. The monoisotopic (exact) mass is 608 g/mol. The van der Waals surface area contributed by atoms with Gasteiger partial charge in [0.2, 0.25) is 0 Å². The number of rotatable bonds is 14. The van der Waals surface area contributed by atoms with Gasteiger partial charge in [-0.3, -0.25) is 10.1 Å². The number of ether oxygens (including phenoxy) is 2. The summed E-state index contributed by atoms with van der Waals surface area (Å²) in [4.78, 5) is 28.4. The molecule has 3 rings (SSSR count). The fourth-order valence-corrected chi connectivity index (χ4v) is 5.18. The first-order valence-electron chi connectivity index (χ1n) is 12.7. The van der Waals surface area contributed by atoms with Crippen molar-refractivity contribution < 1.29 is 28.6 Å². The first-order chi connectivity index (χ1) is 19.2. The Bertz CT molecular complexity index is 1360. The number of amides is 1. The fraction of sp³-hybridized carbons (Fsp3) is 0.345. The van der Waals surface area contributed by atoms with Crippen LogP contribution in [0.15, 0.2) is 41.3 Å². The van der Waals surface area contributed by atoms with Gasteiger partial charge in [0.25, 0.3) is 5.91 Å². The molecule has 2 N–H and O–H groups in total. The number of methoxy groups -OCH3 is 1. The summed E-state index contributed by atoms with van der Waals surface area (Å²) in [5.41, 5.74) is 1.60. The van der Waals surface area contributed by atoms with Crippen molar-refractivity contribution >= 4 is 57.6 Å². The Balaban J connectivity index is 1.80. The predicted molar refractivity (Wildman–Crippen MR) is 158 cm³/mol. The molecule has 214 valence electrons. The zero-order valence-electron chi connectivity index (χ0n) is 22.4. The van der Waals surface area contributed by atoms with Crippen LogP contribution in [0.1, 0.15) is 67.1 Å². The van der Waals surface area contributed by atoms with Gasteiger partial charge in [-0.25, -0.2) is 14.2 Å². The summed E-state index contributed by atoms with van der Waals surface area (Å²) >= 11 is 13.7. The number of hydrogen-bond donors (Lipinski definition) is 2. The minimum Gasteiger partial charge on any atom is -0.478 e. The number of halogens is 3. The van der Waals surface area contributed by atoms with Crippen molar-refractivity contribution in [1.29, 1.82) is 0 Å². The van der Waals surface area contributed by atoms with Gasteiger partial charge in [-0.1, -0.05) is 55.1 Å². The highest BCUT2D eigenvalue weighted by molar-refractivity contribution is 7.14. The van der Waals surface area contributed by atoms with E-state index < -0.39 is 23.8 Å². The minimum absolute atomic E-state index is 0.0423. The lowest BCUT2D eigenvalue weighted by Gasteiger charge is -2.20. The van der Waals surface area contributed by atoms with Crippen LogP contribution in [0.3, 0.4) is 0 Å². The number of aromatic nitrogens is 1. The van der Waals surface area contributed by atoms with Crippen molar-refractivity contribution in [2.45, 2.75) is 45.6 Å². The number of carbonyl (C=O) groups excluding carboxylic acids is 1. The van der Waals surface area contributed by atoms with E-state index >= 15 is 4.39 Å². The van der Waals surface area contributed by atoms with Crippen LogP contribution in [-0.2, 0) is 14.3 Å². The van der Waals surface area contributed by atoms with Crippen molar-refractivity contribution in [3.63, 3.8) is 0 Å². The van der Waals surface area contributed by atoms with Gasteiger partial charge in [-0.2, -0.15) is 0 Å². The van der Waals surface area contributed by atoms with Crippen LogP contribution < -0.4 is 5.32 Å². The molecule has 0 aliphatic heterocycles. The molecule has 0 radical (unpaired) electrons. The van der Waals surface area contributed by atoms with Gasteiger partial charge < -0.3 is 14.6 Å². The van der Waals surface area contributed by atoms with Crippen molar-refractivity contribution in [3.8, 4) is 11.3 Å². The number of benzene rings is 2. The summed E-state index contributed by atoms with van der Waals surface area (Å²) in [5.74, 6) is -2.06. The summed E-state index contributed by atoms with van der Waals surface area (Å²) in [6.07, 6.45) is 4.39. The number of nitrogens with zero attached hydrogens (tertiary/aromatic N) is 1. The molecule has 2 aromatic carbocycles. The van der Waals surface area contributed by atoms with E-state index in [2.05, 4.69) is 17.2 Å². The lowest BCUT2D eigenvalue weighted by atomic mass is 10.0. The number of unbranched alkanes of at least 4 members (excludes halogenated alkanes) is 2. The summed E-state index contributed by atoms with van der Waals surface area (Å²) in [6, 6.07) is 7.88. The molecule has 1 unspecified atom stereocenters. The fourth-order valence-electron chi connectivity index (χ4n) is 3.88. The Kier molecular flexibility index (Phi) is 12.1. The SMILES string of the molecule is CCCCCOC(CCOC)c1cccc(-c2csc(NC(=O)c3cc(Cl)c(C=C(C)C(=O)O)c(Cl)c3)n2)c1F. The molecule has 0 aliphatic rings. The molecule has 1 atom stereocenters. The summed E-state index contributed by atoms with van der Waals surface area (Å²) in [5, 5.41) is 13.9.